The van der Waals surface area contributed by atoms with Crippen molar-refractivity contribution in [2.45, 2.75) is 12.0 Å². The fourth-order valence-electron chi connectivity index (χ4n) is 1.68. The summed E-state index contributed by atoms with van der Waals surface area (Å²) in [4.78, 5) is 11.6. The van der Waals surface area contributed by atoms with Gasteiger partial charge >= 0.3 is 29.6 Å². The van der Waals surface area contributed by atoms with Crippen LogP contribution >= 0.6 is 0 Å². The average molecular weight is 359 g/mol. The fourth-order valence-corrected chi connectivity index (χ4v) is 2.12. The van der Waals surface area contributed by atoms with Gasteiger partial charge in [-0.15, -0.1) is 0 Å². The number of aryl methyl sites for hydroxylation is 1. The summed E-state index contributed by atoms with van der Waals surface area (Å²) in [6.07, 6.45) is 1.10. The normalized spacial score (nSPS) is 11.1. The molecule has 0 spiro atoms. The van der Waals surface area contributed by atoms with Crippen molar-refractivity contribution in [3.05, 3.63) is 47.7 Å². The second-order valence-electron chi connectivity index (χ2n) is 4.63. The topological polar surface area (TPSA) is 124 Å². The van der Waals surface area contributed by atoms with Gasteiger partial charge in [0.05, 0.1) is 12.8 Å². The van der Waals surface area contributed by atoms with Gasteiger partial charge in [-0.25, -0.2) is 13.8 Å². The minimum Gasteiger partial charge on any atom is -0.742 e. The molecule has 0 aliphatic carbocycles. The average Bonchev–Trinajstić information content (AvgIpc) is 2.94. The molecule has 1 amide bonds. The fraction of sp³-hybridized carbons (Fsp3) is 0.143. The number of carbonyl (C=O) groups excluding carboxylic acids is 1. The van der Waals surface area contributed by atoms with Gasteiger partial charge in [-0.3, -0.25) is 4.79 Å². The van der Waals surface area contributed by atoms with Crippen molar-refractivity contribution in [3.8, 4) is 0 Å². The van der Waals surface area contributed by atoms with Gasteiger partial charge in [0.1, 0.15) is 5.76 Å². The van der Waals surface area contributed by atoms with Crippen LogP contribution in [0.4, 0.5) is 5.69 Å². The molecule has 8 nitrogen and oxygen atoms in total. The van der Waals surface area contributed by atoms with E-state index in [0.29, 0.717) is 0 Å². The Morgan fingerprint density at radius 3 is 2.71 bits per heavy atom. The van der Waals surface area contributed by atoms with Crippen molar-refractivity contribution in [2.24, 2.45) is 5.10 Å². The van der Waals surface area contributed by atoms with E-state index in [-0.39, 0.29) is 41.9 Å². The number of benzene rings is 1. The first-order chi connectivity index (χ1) is 10.8. The van der Waals surface area contributed by atoms with E-state index in [1.54, 1.807) is 0 Å². The third kappa shape index (κ3) is 6.46. The Morgan fingerprint density at radius 1 is 1.33 bits per heavy atom. The minimum absolute atomic E-state index is 0. The number of hydrogen-bond acceptors (Lipinski definition) is 7. The number of nitrogens with zero attached hydrogens (tertiary/aromatic N) is 1. The van der Waals surface area contributed by atoms with E-state index in [2.05, 4.69) is 15.8 Å². The molecule has 0 aliphatic rings. The Hall–Kier alpha value is -1.65. The van der Waals surface area contributed by atoms with Gasteiger partial charge < -0.3 is 14.3 Å². The standard InChI is InChI=1S/C14H15N3O5S.Na/c1-10-3-2-4-11(7-10)15-9-13(18)17-16-8-12-5-6-14(22-12)23(19,20)21;/h2-8,15H,9H2,1H3,(H,17,18)(H,19,20,21);/q;+1/p-1/b16-8+;. The predicted octanol–water partition coefficient (Wildman–Crippen LogP) is -1.94. The first-order valence-corrected chi connectivity index (χ1v) is 7.93. The summed E-state index contributed by atoms with van der Waals surface area (Å²) in [6.45, 7) is 1.95. The SMILES string of the molecule is Cc1cccc(NCC(=O)N/N=C/c2ccc(S(=O)(=O)[O-])o2)c1.[Na+]. The zero-order valence-electron chi connectivity index (χ0n) is 13.1. The molecule has 0 unspecified atom stereocenters. The molecule has 1 heterocycles. The third-order valence-corrected chi connectivity index (χ3v) is 3.41. The molecule has 1 aromatic heterocycles. The van der Waals surface area contributed by atoms with E-state index in [1.807, 2.05) is 31.2 Å². The van der Waals surface area contributed by atoms with E-state index in [9.17, 15) is 17.8 Å². The largest absolute Gasteiger partial charge is 1.00 e. The van der Waals surface area contributed by atoms with Crippen LogP contribution in [0.25, 0.3) is 0 Å². The molecular weight excluding hydrogens is 345 g/mol. The van der Waals surface area contributed by atoms with Crippen LogP contribution in [-0.2, 0) is 14.9 Å². The van der Waals surface area contributed by atoms with Gasteiger partial charge in [0, 0.05) is 5.69 Å². The molecule has 0 aliphatic heterocycles. The summed E-state index contributed by atoms with van der Waals surface area (Å²) in [6, 6.07) is 9.80. The maximum Gasteiger partial charge on any atom is 1.00 e. The van der Waals surface area contributed by atoms with E-state index >= 15 is 0 Å². The van der Waals surface area contributed by atoms with Crippen LogP contribution in [0.3, 0.4) is 0 Å². The summed E-state index contributed by atoms with van der Waals surface area (Å²) in [7, 11) is -4.64. The van der Waals surface area contributed by atoms with Crippen LogP contribution in [0.15, 0.2) is 51.0 Å². The number of rotatable bonds is 6. The van der Waals surface area contributed by atoms with Crippen molar-refractivity contribution in [1.82, 2.24) is 5.43 Å². The number of nitrogens with one attached hydrogen (secondary N) is 2. The second kappa shape index (κ2) is 9.00. The second-order valence-corrected chi connectivity index (χ2v) is 5.94. The van der Waals surface area contributed by atoms with Gasteiger partial charge in [0.2, 0.25) is 5.09 Å². The summed E-state index contributed by atoms with van der Waals surface area (Å²) in [5, 5.41) is 5.84. The molecular formula is C14H14N3NaO5S. The Morgan fingerprint density at radius 2 is 2.08 bits per heavy atom. The molecule has 0 bridgehead atoms. The maximum absolute atomic E-state index is 11.6. The van der Waals surface area contributed by atoms with Crippen molar-refractivity contribution >= 4 is 27.9 Å². The maximum atomic E-state index is 11.6. The first kappa shape index (κ1) is 20.4. The number of furan rings is 1. The van der Waals surface area contributed by atoms with Gasteiger partial charge in [-0.1, -0.05) is 12.1 Å². The van der Waals surface area contributed by atoms with Crippen LogP contribution in [0.5, 0.6) is 0 Å². The first-order valence-electron chi connectivity index (χ1n) is 6.53. The predicted molar refractivity (Wildman–Crippen MR) is 82.1 cm³/mol. The molecule has 0 saturated heterocycles. The molecule has 10 heteroatoms. The number of anilines is 1. The summed E-state index contributed by atoms with van der Waals surface area (Å²) < 4.78 is 36.9. The summed E-state index contributed by atoms with van der Waals surface area (Å²) in [5.41, 5.74) is 4.12. The van der Waals surface area contributed by atoms with Crippen LogP contribution in [0, 0.1) is 6.92 Å². The molecule has 0 saturated carbocycles. The molecule has 0 atom stereocenters. The number of hydrogen-bond donors (Lipinski definition) is 2. The van der Waals surface area contributed by atoms with Gasteiger partial charge in [-0.05, 0) is 36.8 Å². The van der Waals surface area contributed by atoms with Gasteiger partial charge in [-0.2, -0.15) is 5.10 Å². The van der Waals surface area contributed by atoms with Gasteiger partial charge in [0.25, 0.3) is 5.91 Å². The Labute approximate surface area is 161 Å². The Balaban J connectivity index is 0.00000288. The molecule has 1 aromatic carbocycles. The molecule has 0 radical (unpaired) electrons. The van der Waals surface area contributed by atoms with Crippen molar-refractivity contribution < 1.29 is 51.7 Å². The van der Waals surface area contributed by atoms with Gasteiger partial charge in [0.15, 0.2) is 10.1 Å². The van der Waals surface area contributed by atoms with Crippen LogP contribution < -0.4 is 40.3 Å². The monoisotopic (exact) mass is 359 g/mol. The third-order valence-electron chi connectivity index (χ3n) is 2.70. The molecule has 24 heavy (non-hydrogen) atoms. The molecule has 2 aromatic rings. The summed E-state index contributed by atoms with van der Waals surface area (Å²) in [5.74, 6) is -0.364. The Bertz CT molecular complexity index is 832. The van der Waals surface area contributed by atoms with E-state index in [1.165, 1.54) is 6.07 Å². The number of hydrazone groups is 1. The van der Waals surface area contributed by atoms with Crippen molar-refractivity contribution in [3.63, 3.8) is 0 Å². The zero-order valence-corrected chi connectivity index (χ0v) is 16.0. The minimum atomic E-state index is -4.64. The van der Waals surface area contributed by atoms with E-state index in [4.69, 9.17) is 4.42 Å². The molecule has 2 N–H and O–H groups in total. The van der Waals surface area contributed by atoms with Crippen LogP contribution in [-0.4, -0.2) is 31.6 Å². The Kier molecular flexibility index (Phi) is 7.64. The quantitative estimate of drug-likeness (QED) is 0.268. The molecule has 0 fully saturated rings. The number of carbonyl (C=O) groups is 1. The van der Waals surface area contributed by atoms with Crippen LogP contribution in [0.1, 0.15) is 11.3 Å². The van der Waals surface area contributed by atoms with Crippen LogP contribution in [0.2, 0.25) is 0 Å². The molecule has 122 valence electrons. The van der Waals surface area contributed by atoms with E-state index in [0.717, 1.165) is 23.5 Å². The van der Waals surface area contributed by atoms with Crippen molar-refractivity contribution in [1.29, 1.82) is 0 Å². The smallest absolute Gasteiger partial charge is 0.742 e. The van der Waals surface area contributed by atoms with Crippen molar-refractivity contribution in [2.75, 3.05) is 11.9 Å². The zero-order chi connectivity index (χ0) is 16.9. The number of amides is 1. The van der Waals surface area contributed by atoms with E-state index < -0.39 is 21.1 Å². The summed E-state index contributed by atoms with van der Waals surface area (Å²) >= 11 is 0. The molecule has 2 rings (SSSR count).